The highest BCUT2D eigenvalue weighted by atomic mass is 35.5. The summed E-state index contributed by atoms with van der Waals surface area (Å²) in [5.41, 5.74) is 0.831. The highest BCUT2D eigenvalue weighted by molar-refractivity contribution is 6.33. The van der Waals surface area contributed by atoms with Gasteiger partial charge in [-0.3, -0.25) is 0 Å². The summed E-state index contributed by atoms with van der Waals surface area (Å²) >= 11 is 12.1. The molecule has 106 valence electrons. The summed E-state index contributed by atoms with van der Waals surface area (Å²) < 4.78 is 13.8. The van der Waals surface area contributed by atoms with E-state index in [-0.39, 0.29) is 16.6 Å². The van der Waals surface area contributed by atoms with Crippen LogP contribution in [-0.4, -0.2) is 9.97 Å². The Hall–Kier alpha value is -1.39. The number of anilines is 2. The van der Waals surface area contributed by atoms with Crippen LogP contribution >= 0.6 is 23.2 Å². The molecule has 1 N–H and O–H groups in total. The van der Waals surface area contributed by atoms with Gasteiger partial charge in [-0.25, -0.2) is 14.4 Å². The second kappa shape index (κ2) is 5.94. The normalized spacial score (nSPS) is 10.9. The Morgan fingerprint density at radius 3 is 2.50 bits per heavy atom. The number of halogens is 3. The second-order valence-corrected chi connectivity index (χ2v) is 5.49. The van der Waals surface area contributed by atoms with Crippen molar-refractivity contribution in [3.05, 3.63) is 45.6 Å². The molecule has 0 unspecified atom stereocenters. The van der Waals surface area contributed by atoms with Crippen molar-refractivity contribution < 1.29 is 4.39 Å². The standard InChI is InChI=1S/C14H14Cl2FN3/c1-7(2)13-19-12(16)8(3)14(20-13)18-11-9(15)5-4-6-10(11)17/h4-7H,1-3H3,(H,18,19,20). The van der Waals surface area contributed by atoms with E-state index < -0.39 is 5.82 Å². The summed E-state index contributed by atoms with van der Waals surface area (Å²) in [7, 11) is 0. The first-order valence-corrected chi connectivity index (χ1v) is 6.90. The number of nitrogens with zero attached hydrogens (tertiary/aromatic N) is 2. The maximum Gasteiger partial charge on any atom is 0.148 e. The highest BCUT2D eigenvalue weighted by Crippen LogP contribution is 2.30. The summed E-state index contributed by atoms with van der Waals surface area (Å²) in [6.07, 6.45) is 0. The minimum Gasteiger partial charge on any atom is -0.336 e. The molecule has 0 aliphatic carbocycles. The molecule has 0 aliphatic heterocycles. The van der Waals surface area contributed by atoms with Crippen molar-refractivity contribution in [2.75, 3.05) is 5.32 Å². The third-order valence-electron chi connectivity index (χ3n) is 2.83. The van der Waals surface area contributed by atoms with Crippen LogP contribution in [0.2, 0.25) is 10.2 Å². The topological polar surface area (TPSA) is 37.8 Å². The molecule has 0 spiro atoms. The van der Waals surface area contributed by atoms with Crippen molar-refractivity contribution in [2.45, 2.75) is 26.7 Å². The molecule has 0 atom stereocenters. The lowest BCUT2D eigenvalue weighted by Gasteiger charge is -2.14. The fourth-order valence-electron chi connectivity index (χ4n) is 1.62. The SMILES string of the molecule is Cc1c(Cl)nc(C(C)C)nc1Nc1c(F)cccc1Cl. The molecule has 0 bridgehead atoms. The van der Waals surface area contributed by atoms with E-state index in [1.54, 1.807) is 19.1 Å². The highest BCUT2D eigenvalue weighted by Gasteiger charge is 2.14. The van der Waals surface area contributed by atoms with Crippen molar-refractivity contribution >= 4 is 34.7 Å². The number of benzene rings is 1. The van der Waals surface area contributed by atoms with Crippen molar-refractivity contribution in [1.82, 2.24) is 9.97 Å². The van der Waals surface area contributed by atoms with E-state index in [9.17, 15) is 4.39 Å². The van der Waals surface area contributed by atoms with Gasteiger partial charge in [-0.1, -0.05) is 43.1 Å². The second-order valence-electron chi connectivity index (χ2n) is 4.72. The number of para-hydroxylation sites is 1. The van der Waals surface area contributed by atoms with Crippen LogP contribution in [0.4, 0.5) is 15.9 Å². The molecular weight excluding hydrogens is 300 g/mol. The quantitative estimate of drug-likeness (QED) is 0.801. The molecule has 0 fully saturated rings. The largest absolute Gasteiger partial charge is 0.336 e. The van der Waals surface area contributed by atoms with Gasteiger partial charge in [0, 0.05) is 11.5 Å². The zero-order valence-corrected chi connectivity index (χ0v) is 12.8. The Morgan fingerprint density at radius 2 is 1.90 bits per heavy atom. The van der Waals surface area contributed by atoms with Crippen LogP contribution in [-0.2, 0) is 0 Å². The zero-order valence-electron chi connectivity index (χ0n) is 11.3. The first kappa shape index (κ1) is 15.0. The summed E-state index contributed by atoms with van der Waals surface area (Å²) in [6.45, 7) is 5.69. The van der Waals surface area contributed by atoms with E-state index in [1.807, 2.05) is 13.8 Å². The van der Waals surface area contributed by atoms with Gasteiger partial charge in [0.2, 0.25) is 0 Å². The van der Waals surface area contributed by atoms with E-state index in [4.69, 9.17) is 23.2 Å². The third-order valence-corrected chi connectivity index (χ3v) is 3.51. The third kappa shape index (κ3) is 3.02. The van der Waals surface area contributed by atoms with Gasteiger partial charge in [-0.15, -0.1) is 0 Å². The first-order chi connectivity index (χ1) is 9.40. The summed E-state index contributed by atoms with van der Waals surface area (Å²) in [6, 6.07) is 4.48. The molecule has 0 aliphatic rings. The average molecular weight is 314 g/mol. The Labute approximate surface area is 127 Å². The van der Waals surface area contributed by atoms with Crippen LogP contribution in [0.3, 0.4) is 0 Å². The lowest BCUT2D eigenvalue weighted by Crippen LogP contribution is -2.06. The Morgan fingerprint density at radius 1 is 1.20 bits per heavy atom. The molecule has 1 aromatic carbocycles. The van der Waals surface area contributed by atoms with Crippen LogP contribution in [0, 0.1) is 12.7 Å². The van der Waals surface area contributed by atoms with Crippen LogP contribution in [0.25, 0.3) is 0 Å². The number of aromatic nitrogens is 2. The van der Waals surface area contributed by atoms with Crippen LogP contribution in [0.15, 0.2) is 18.2 Å². The van der Waals surface area contributed by atoms with Crippen molar-refractivity contribution in [1.29, 1.82) is 0 Å². The predicted molar refractivity (Wildman–Crippen MR) is 80.6 cm³/mol. The number of rotatable bonds is 3. The van der Waals surface area contributed by atoms with Gasteiger partial charge in [-0.05, 0) is 19.1 Å². The van der Waals surface area contributed by atoms with Crippen LogP contribution in [0.1, 0.15) is 31.2 Å². The molecule has 0 radical (unpaired) electrons. The van der Waals surface area contributed by atoms with Gasteiger partial charge in [0.1, 0.15) is 22.6 Å². The molecule has 0 saturated carbocycles. The lowest BCUT2D eigenvalue weighted by molar-refractivity contribution is 0.631. The molecule has 20 heavy (non-hydrogen) atoms. The average Bonchev–Trinajstić information content (AvgIpc) is 2.38. The number of nitrogens with one attached hydrogen (secondary N) is 1. The maximum absolute atomic E-state index is 13.8. The van der Waals surface area contributed by atoms with Crippen molar-refractivity contribution in [2.24, 2.45) is 0 Å². The predicted octanol–water partition coefficient (Wildman–Crippen LogP) is 5.10. The smallest absolute Gasteiger partial charge is 0.148 e. The van der Waals surface area contributed by atoms with Crippen LogP contribution in [0.5, 0.6) is 0 Å². The van der Waals surface area contributed by atoms with E-state index in [1.165, 1.54) is 6.07 Å². The van der Waals surface area contributed by atoms with Gasteiger partial charge in [-0.2, -0.15) is 0 Å². The minimum atomic E-state index is -0.447. The molecule has 2 aromatic rings. The van der Waals surface area contributed by atoms with Gasteiger partial charge in [0.05, 0.1) is 10.7 Å². The van der Waals surface area contributed by atoms with Gasteiger partial charge in [0.15, 0.2) is 0 Å². The first-order valence-electron chi connectivity index (χ1n) is 6.15. The zero-order chi connectivity index (χ0) is 14.9. The molecule has 1 heterocycles. The number of hydrogen-bond donors (Lipinski definition) is 1. The van der Waals surface area contributed by atoms with Gasteiger partial charge in [0.25, 0.3) is 0 Å². The fourth-order valence-corrected chi connectivity index (χ4v) is 2.01. The molecule has 3 nitrogen and oxygen atoms in total. The van der Waals surface area contributed by atoms with Crippen molar-refractivity contribution in [3.8, 4) is 0 Å². The molecule has 6 heteroatoms. The molecule has 2 rings (SSSR count). The van der Waals surface area contributed by atoms with Gasteiger partial charge >= 0.3 is 0 Å². The van der Waals surface area contributed by atoms with E-state index in [0.29, 0.717) is 22.4 Å². The fraction of sp³-hybridized carbons (Fsp3) is 0.286. The molecule has 1 aromatic heterocycles. The van der Waals surface area contributed by atoms with Crippen molar-refractivity contribution in [3.63, 3.8) is 0 Å². The lowest BCUT2D eigenvalue weighted by atomic mass is 10.2. The summed E-state index contributed by atoms with van der Waals surface area (Å²) in [5, 5.41) is 3.53. The van der Waals surface area contributed by atoms with Gasteiger partial charge < -0.3 is 5.32 Å². The summed E-state index contributed by atoms with van der Waals surface area (Å²) in [5.74, 6) is 0.721. The summed E-state index contributed by atoms with van der Waals surface area (Å²) in [4.78, 5) is 8.59. The maximum atomic E-state index is 13.8. The molecular formula is C14H14Cl2FN3. The monoisotopic (exact) mass is 313 g/mol. The van der Waals surface area contributed by atoms with E-state index >= 15 is 0 Å². The molecule has 0 saturated heterocycles. The minimum absolute atomic E-state index is 0.116. The Balaban J connectivity index is 2.48. The van der Waals surface area contributed by atoms with E-state index in [0.717, 1.165) is 0 Å². The Bertz CT molecular complexity index is 624. The Kier molecular flexibility index (Phi) is 4.45. The van der Waals surface area contributed by atoms with E-state index in [2.05, 4.69) is 15.3 Å². The van der Waals surface area contributed by atoms with Crippen LogP contribution < -0.4 is 5.32 Å². The molecule has 0 amide bonds. The number of hydrogen-bond acceptors (Lipinski definition) is 3.